The molecule has 0 aliphatic carbocycles. The number of ether oxygens (including phenoxy) is 1. The Bertz CT molecular complexity index is 425. The quantitative estimate of drug-likeness (QED) is 0.899. The van der Waals surface area contributed by atoms with Crippen LogP contribution in [0.1, 0.15) is 43.7 Å². The Kier molecular flexibility index (Phi) is 4.81. The number of rotatable bonds is 4. The van der Waals surface area contributed by atoms with Crippen LogP contribution in [0.5, 0.6) is 5.75 Å². The monoisotopic (exact) mass is 265 g/mol. The summed E-state index contributed by atoms with van der Waals surface area (Å²) in [6.45, 7) is 6.23. The molecule has 1 aromatic rings. The second-order valence-electron chi connectivity index (χ2n) is 5.74. The van der Waals surface area contributed by atoms with Gasteiger partial charge in [0, 0.05) is 6.07 Å². The zero-order valence-electron chi connectivity index (χ0n) is 12.1. The van der Waals surface area contributed by atoms with Crippen molar-refractivity contribution in [3.63, 3.8) is 0 Å². The Morgan fingerprint density at radius 1 is 1.32 bits per heavy atom. The first-order valence-corrected chi connectivity index (χ1v) is 7.18. The van der Waals surface area contributed by atoms with Gasteiger partial charge in [0.2, 0.25) is 0 Å². The van der Waals surface area contributed by atoms with Gasteiger partial charge in [-0.3, -0.25) is 0 Å². The van der Waals surface area contributed by atoms with Crippen molar-refractivity contribution in [3.05, 3.63) is 29.1 Å². The standard InChI is InChI=1S/C16H24FNO/c1-11(2)14-9-13(16(19-3)10-15(14)17)8-12-4-6-18-7-5-12/h9-12,18H,4-8H2,1-3H3. The SMILES string of the molecule is COc1cc(F)c(C(C)C)cc1CC1CCNCC1. The molecule has 0 spiro atoms. The molecule has 1 heterocycles. The molecule has 1 saturated heterocycles. The molecule has 1 aliphatic heterocycles. The lowest BCUT2D eigenvalue weighted by Gasteiger charge is -2.24. The third kappa shape index (κ3) is 3.47. The van der Waals surface area contributed by atoms with Crippen LogP contribution in [0.15, 0.2) is 12.1 Å². The van der Waals surface area contributed by atoms with Gasteiger partial charge in [0.25, 0.3) is 0 Å². The molecular formula is C16H24FNO. The smallest absolute Gasteiger partial charge is 0.130 e. The number of hydrogen-bond donors (Lipinski definition) is 1. The lowest BCUT2D eigenvalue weighted by Crippen LogP contribution is -2.28. The molecule has 19 heavy (non-hydrogen) atoms. The number of benzene rings is 1. The lowest BCUT2D eigenvalue weighted by atomic mass is 9.89. The van der Waals surface area contributed by atoms with Crippen molar-refractivity contribution in [2.45, 2.75) is 39.0 Å². The lowest BCUT2D eigenvalue weighted by molar-refractivity contribution is 0.359. The predicted molar refractivity (Wildman–Crippen MR) is 76.3 cm³/mol. The summed E-state index contributed by atoms with van der Waals surface area (Å²) in [5.74, 6) is 1.43. The van der Waals surface area contributed by atoms with Crippen molar-refractivity contribution in [1.82, 2.24) is 5.32 Å². The van der Waals surface area contributed by atoms with E-state index in [1.165, 1.54) is 12.8 Å². The largest absolute Gasteiger partial charge is 0.496 e. The molecule has 0 radical (unpaired) electrons. The van der Waals surface area contributed by atoms with E-state index in [4.69, 9.17) is 4.74 Å². The van der Waals surface area contributed by atoms with Gasteiger partial charge in [-0.25, -0.2) is 4.39 Å². The maximum atomic E-state index is 14.0. The highest BCUT2D eigenvalue weighted by Gasteiger charge is 2.18. The van der Waals surface area contributed by atoms with Crippen LogP contribution in [0.3, 0.4) is 0 Å². The molecule has 0 unspecified atom stereocenters. The number of nitrogens with one attached hydrogen (secondary N) is 1. The Balaban J connectivity index is 2.23. The van der Waals surface area contributed by atoms with Crippen LogP contribution >= 0.6 is 0 Å². The second kappa shape index (κ2) is 6.38. The summed E-state index contributed by atoms with van der Waals surface area (Å²) in [6.07, 6.45) is 3.37. The van der Waals surface area contributed by atoms with E-state index in [1.54, 1.807) is 13.2 Å². The first-order valence-electron chi connectivity index (χ1n) is 7.18. The van der Waals surface area contributed by atoms with Crippen LogP contribution in [0.25, 0.3) is 0 Å². The van der Waals surface area contributed by atoms with E-state index in [9.17, 15) is 4.39 Å². The third-order valence-corrected chi connectivity index (χ3v) is 3.99. The van der Waals surface area contributed by atoms with E-state index in [1.807, 2.05) is 19.9 Å². The van der Waals surface area contributed by atoms with Gasteiger partial charge >= 0.3 is 0 Å². The topological polar surface area (TPSA) is 21.3 Å². The van der Waals surface area contributed by atoms with Crippen LogP contribution in [-0.2, 0) is 6.42 Å². The number of halogens is 1. The Morgan fingerprint density at radius 3 is 2.58 bits per heavy atom. The van der Waals surface area contributed by atoms with Gasteiger partial charge in [-0.2, -0.15) is 0 Å². The molecule has 0 saturated carbocycles. The summed E-state index contributed by atoms with van der Waals surface area (Å²) < 4.78 is 19.3. The van der Waals surface area contributed by atoms with E-state index in [0.717, 1.165) is 30.6 Å². The van der Waals surface area contributed by atoms with Crippen LogP contribution < -0.4 is 10.1 Å². The molecule has 2 rings (SSSR count). The van der Waals surface area contributed by atoms with Gasteiger partial charge in [0.15, 0.2) is 0 Å². The average molecular weight is 265 g/mol. The van der Waals surface area contributed by atoms with E-state index < -0.39 is 0 Å². The summed E-state index contributed by atoms with van der Waals surface area (Å²) in [7, 11) is 1.62. The molecule has 1 fully saturated rings. The predicted octanol–water partition coefficient (Wildman–Crippen LogP) is 3.50. The Morgan fingerprint density at radius 2 is 2.00 bits per heavy atom. The molecule has 1 N–H and O–H groups in total. The van der Waals surface area contributed by atoms with Crippen LogP contribution in [0, 0.1) is 11.7 Å². The first kappa shape index (κ1) is 14.3. The van der Waals surface area contributed by atoms with Crippen LogP contribution in [0.2, 0.25) is 0 Å². The maximum Gasteiger partial charge on any atom is 0.130 e. The fourth-order valence-electron chi connectivity index (χ4n) is 2.81. The Hall–Kier alpha value is -1.09. The van der Waals surface area contributed by atoms with Crippen LogP contribution in [0.4, 0.5) is 4.39 Å². The van der Waals surface area contributed by atoms with Gasteiger partial charge < -0.3 is 10.1 Å². The number of piperidine rings is 1. The molecular weight excluding hydrogens is 241 g/mol. The molecule has 3 heteroatoms. The highest BCUT2D eigenvalue weighted by Crippen LogP contribution is 2.30. The molecule has 106 valence electrons. The minimum Gasteiger partial charge on any atom is -0.496 e. The summed E-state index contributed by atoms with van der Waals surface area (Å²) in [4.78, 5) is 0. The minimum atomic E-state index is -0.152. The molecule has 0 aromatic heterocycles. The molecule has 0 amide bonds. The van der Waals surface area contributed by atoms with E-state index in [0.29, 0.717) is 11.7 Å². The number of methoxy groups -OCH3 is 1. The third-order valence-electron chi connectivity index (χ3n) is 3.99. The van der Waals surface area contributed by atoms with Crippen molar-refractivity contribution >= 4 is 0 Å². The summed E-state index contributed by atoms with van der Waals surface area (Å²) in [6, 6.07) is 3.55. The molecule has 0 atom stereocenters. The van der Waals surface area contributed by atoms with Crippen molar-refractivity contribution < 1.29 is 9.13 Å². The van der Waals surface area contributed by atoms with Crippen molar-refractivity contribution in [2.75, 3.05) is 20.2 Å². The zero-order valence-corrected chi connectivity index (χ0v) is 12.1. The van der Waals surface area contributed by atoms with Crippen LogP contribution in [-0.4, -0.2) is 20.2 Å². The van der Waals surface area contributed by atoms with E-state index in [2.05, 4.69) is 5.32 Å². The van der Waals surface area contributed by atoms with Gasteiger partial charge in [0.1, 0.15) is 11.6 Å². The molecule has 0 bridgehead atoms. The van der Waals surface area contributed by atoms with Gasteiger partial charge in [-0.05, 0) is 61.4 Å². The molecule has 1 aromatic carbocycles. The van der Waals surface area contributed by atoms with Gasteiger partial charge in [0.05, 0.1) is 7.11 Å². The fraction of sp³-hybridized carbons (Fsp3) is 0.625. The van der Waals surface area contributed by atoms with Gasteiger partial charge in [-0.15, -0.1) is 0 Å². The second-order valence-corrected chi connectivity index (χ2v) is 5.74. The van der Waals surface area contributed by atoms with E-state index in [-0.39, 0.29) is 11.7 Å². The van der Waals surface area contributed by atoms with Crippen molar-refractivity contribution in [3.8, 4) is 5.75 Å². The minimum absolute atomic E-state index is 0.152. The zero-order chi connectivity index (χ0) is 13.8. The van der Waals surface area contributed by atoms with Gasteiger partial charge in [-0.1, -0.05) is 13.8 Å². The Labute approximate surface area is 115 Å². The van der Waals surface area contributed by atoms with E-state index >= 15 is 0 Å². The summed E-state index contributed by atoms with van der Waals surface area (Å²) in [5.41, 5.74) is 1.95. The highest BCUT2D eigenvalue weighted by molar-refractivity contribution is 5.39. The normalized spacial score (nSPS) is 16.9. The highest BCUT2D eigenvalue weighted by atomic mass is 19.1. The fourth-order valence-corrected chi connectivity index (χ4v) is 2.81. The first-order chi connectivity index (χ1) is 9.11. The summed E-state index contributed by atoms with van der Waals surface area (Å²) >= 11 is 0. The van der Waals surface area contributed by atoms with Crippen molar-refractivity contribution in [1.29, 1.82) is 0 Å². The average Bonchev–Trinajstić information content (AvgIpc) is 2.41. The molecule has 1 aliphatic rings. The van der Waals surface area contributed by atoms with Crippen molar-refractivity contribution in [2.24, 2.45) is 5.92 Å². The number of hydrogen-bond acceptors (Lipinski definition) is 2. The molecule has 2 nitrogen and oxygen atoms in total. The maximum absolute atomic E-state index is 14.0. The summed E-state index contributed by atoms with van der Waals surface area (Å²) in [5, 5.41) is 3.38.